The summed E-state index contributed by atoms with van der Waals surface area (Å²) in [6.07, 6.45) is 3.58. The predicted octanol–water partition coefficient (Wildman–Crippen LogP) is 1.25. The molecule has 0 aromatic rings. The third-order valence-electron chi connectivity index (χ3n) is 2.15. The van der Waals surface area contributed by atoms with Gasteiger partial charge in [0, 0.05) is 12.8 Å². The van der Waals surface area contributed by atoms with Gasteiger partial charge in [-0.05, 0) is 19.4 Å². The molecule has 1 aliphatic carbocycles. The van der Waals surface area contributed by atoms with Crippen molar-refractivity contribution in [2.45, 2.75) is 37.9 Å². The quantitative estimate of drug-likeness (QED) is 0.295. The second-order valence-electron chi connectivity index (χ2n) is 3.34. The molecule has 0 bridgehead atoms. The van der Waals surface area contributed by atoms with Crippen molar-refractivity contribution in [2.24, 2.45) is 0 Å². The van der Waals surface area contributed by atoms with Crippen molar-refractivity contribution in [3.8, 4) is 0 Å². The molecule has 0 unspecified atom stereocenters. The second-order valence-corrected chi connectivity index (χ2v) is 3.34. The molecule has 0 heterocycles. The van der Waals surface area contributed by atoms with Crippen molar-refractivity contribution in [3.05, 3.63) is 12.3 Å². The number of hydrogen-bond donors (Lipinski definition) is 2. The molecule has 1 saturated carbocycles. The first-order chi connectivity index (χ1) is 6.03. The highest BCUT2D eigenvalue weighted by Crippen LogP contribution is 2.29. The van der Waals surface area contributed by atoms with Crippen molar-refractivity contribution < 1.29 is 19.7 Å². The molecule has 0 spiro atoms. The Hall–Kier alpha value is -1.03. The Balaban J connectivity index is 2.50. The van der Waals surface area contributed by atoms with E-state index < -0.39 is 17.5 Å². The Kier molecular flexibility index (Phi) is 2.93. The third kappa shape index (κ3) is 2.73. The van der Waals surface area contributed by atoms with Crippen molar-refractivity contribution in [1.29, 1.82) is 0 Å². The molecule has 4 heteroatoms. The van der Waals surface area contributed by atoms with Gasteiger partial charge in [-0.2, -0.15) is 0 Å². The maximum atomic E-state index is 10.9. The molecule has 4 nitrogen and oxygen atoms in total. The van der Waals surface area contributed by atoms with Crippen molar-refractivity contribution in [3.63, 3.8) is 0 Å². The lowest BCUT2D eigenvalue weighted by molar-refractivity contribution is -0.218. The van der Waals surface area contributed by atoms with E-state index in [0.717, 1.165) is 19.3 Å². The first kappa shape index (κ1) is 10.1. The van der Waals surface area contributed by atoms with E-state index in [1.165, 1.54) is 0 Å². The minimum Gasteiger partial charge on any atom is -0.502 e. The smallest absolute Gasteiger partial charge is 0.375 e. The lowest BCUT2D eigenvalue weighted by Crippen LogP contribution is -2.37. The van der Waals surface area contributed by atoms with E-state index in [9.17, 15) is 9.90 Å². The number of hydrogen-bond acceptors (Lipinski definition) is 4. The molecule has 0 radical (unpaired) electrons. The predicted molar refractivity (Wildman–Crippen MR) is 45.9 cm³/mol. The number of aliphatic hydroxyl groups is 2. The van der Waals surface area contributed by atoms with Crippen LogP contribution >= 0.6 is 0 Å². The molecule has 1 fully saturated rings. The van der Waals surface area contributed by atoms with E-state index in [0.29, 0.717) is 12.8 Å². The van der Waals surface area contributed by atoms with E-state index >= 15 is 0 Å². The molecule has 13 heavy (non-hydrogen) atoms. The van der Waals surface area contributed by atoms with Crippen LogP contribution in [0, 0.1) is 0 Å². The zero-order valence-corrected chi connectivity index (χ0v) is 7.45. The molecule has 0 aromatic heterocycles. The highest BCUT2D eigenvalue weighted by molar-refractivity contribution is 5.85. The van der Waals surface area contributed by atoms with Gasteiger partial charge < -0.3 is 14.9 Å². The number of carbonyl (C=O) groups excluding carboxylic acids is 1. The van der Waals surface area contributed by atoms with Crippen molar-refractivity contribution in [1.82, 2.24) is 0 Å². The molecule has 74 valence electrons. The summed E-state index contributed by atoms with van der Waals surface area (Å²) in [7, 11) is 0. The normalized spacial score (nSPS) is 20.7. The summed E-state index contributed by atoms with van der Waals surface area (Å²) in [5.41, 5.74) is 0. The topological polar surface area (TPSA) is 66.8 Å². The van der Waals surface area contributed by atoms with E-state index in [4.69, 9.17) is 9.84 Å². The van der Waals surface area contributed by atoms with Gasteiger partial charge in [0.1, 0.15) is 0 Å². The minimum atomic E-state index is -1.39. The van der Waals surface area contributed by atoms with Gasteiger partial charge in [0.05, 0.1) is 0 Å². The highest BCUT2D eigenvalue weighted by Gasteiger charge is 2.33. The van der Waals surface area contributed by atoms with Crippen LogP contribution in [0.4, 0.5) is 0 Å². The highest BCUT2D eigenvalue weighted by atomic mass is 16.7. The molecule has 0 amide bonds. The summed E-state index contributed by atoms with van der Waals surface area (Å²) in [4.78, 5) is 10.9. The van der Waals surface area contributed by atoms with Crippen LogP contribution in [-0.2, 0) is 9.53 Å². The average molecular weight is 186 g/mol. The number of ether oxygens (including phenoxy) is 1. The number of aliphatic hydroxyl groups excluding tert-OH is 1. The number of carbonyl (C=O) groups is 1. The van der Waals surface area contributed by atoms with Gasteiger partial charge in [0.2, 0.25) is 5.79 Å². The Morgan fingerprint density at radius 3 is 2.31 bits per heavy atom. The lowest BCUT2D eigenvalue weighted by Gasteiger charge is -2.30. The van der Waals surface area contributed by atoms with Crippen LogP contribution in [-0.4, -0.2) is 22.0 Å². The van der Waals surface area contributed by atoms with Gasteiger partial charge in [-0.3, -0.25) is 0 Å². The average Bonchev–Trinajstić information content (AvgIpc) is 2.04. The molecule has 0 aliphatic heterocycles. The molecule has 0 saturated heterocycles. The maximum absolute atomic E-state index is 10.9. The molecule has 2 N–H and O–H groups in total. The fourth-order valence-electron chi connectivity index (χ4n) is 1.44. The Morgan fingerprint density at radius 2 is 1.85 bits per heavy atom. The SMILES string of the molecule is C=C(O)C(=O)OC1(O)CCCCC1. The summed E-state index contributed by atoms with van der Waals surface area (Å²) < 4.78 is 4.71. The van der Waals surface area contributed by atoms with Gasteiger partial charge in [0.15, 0.2) is 5.76 Å². The first-order valence-corrected chi connectivity index (χ1v) is 4.37. The van der Waals surface area contributed by atoms with Crippen molar-refractivity contribution >= 4 is 5.97 Å². The minimum absolute atomic E-state index is 0.437. The van der Waals surface area contributed by atoms with E-state index in [2.05, 4.69) is 6.58 Å². The van der Waals surface area contributed by atoms with Gasteiger partial charge in [0.25, 0.3) is 0 Å². The zero-order chi connectivity index (χ0) is 9.90. The van der Waals surface area contributed by atoms with Gasteiger partial charge in [-0.1, -0.05) is 6.42 Å². The third-order valence-corrected chi connectivity index (χ3v) is 2.15. The fourth-order valence-corrected chi connectivity index (χ4v) is 1.44. The summed E-state index contributed by atoms with van der Waals surface area (Å²) >= 11 is 0. The summed E-state index contributed by atoms with van der Waals surface area (Å²) in [5.74, 6) is -3.00. The van der Waals surface area contributed by atoms with E-state index in [1.807, 2.05) is 0 Å². The van der Waals surface area contributed by atoms with Crippen molar-refractivity contribution in [2.75, 3.05) is 0 Å². The fraction of sp³-hybridized carbons (Fsp3) is 0.667. The monoisotopic (exact) mass is 186 g/mol. The van der Waals surface area contributed by atoms with E-state index in [1.54, 1.807) is 0 Å². The molecule has 0 atom stereocenters. The van der Waals surface area contributed by atoms with Crippen LogP contribution in [0.5, 0.6) is 0 Å². The number of esters is 1. The largest absolute Gasteiger partial charge is 0.502 e. The van der Waals surface area contributed by atoms with Crippen LogP contribution in [0.2, 0.25) is 0 Å². The second kappa shape index (κ2) is 3.79. The zero-order valence-electron chi connectivity index (χ0n) is 7.45. The van der Waals surface area contributed by atoms with Crippen LogP contribution in [0.3, 0.4) is 0 Å². The van der Waals surface area contributed by atoms with Crippen LogP contribution in [0.25, 0.3) is 0 Å². The van der Waals surface area contributed by atoms with Crippen LogP contribution < -0.4 is 0 Å². The van der Waals surface area contributed by atoms with Gasteiger partial charge >= 0.3 is 5.97 Å². The van der Waals surface area contributed by atoms with Gasteiger partial charge in [-0.15, -0.1) is 0 Å². The maximum Gasteiger partial charge on any atom is 0.375 e. The Morgan fingerprint density at radius 1 is 1.31 bits per heavy atom. The van der Waals surface area contributed by atoms with Gasteiger partial charge in [-0.25, -0.2) is 4.79 Å². The standard InChI is InChI=1S/C9H14O4/c1-7(10)8(11)13-9(12)5-3-2-4-6-9/h10,12H,1-6H2. The van der Waals surface area contributed by atoms with Crippen LogP contribution in [0.1, 0.15) is 32.1 Å². The molecular formula is C9H14O4. The summed E-state index contributed by atoms with van der Waals surface area (Å²) in [6, 6.07) is 0. The molecule has 1 rings (SSSR count). The Bertz CT molecular complexity index is 216. The van der Waals surface area contributed by atoms with Crippen LogP contribution in [0.15, 0.2) is 12.3 Å². The first-order valence-electron chi connectivity index (χ1n) is 4.37. The lowest BCUT2D eigenvalue weighted by atomic mass is 9.94. The summed E-state index contributed by atoms with van der Waals surface area (Å²) in [5, 5.41) is 18.4. The number of rotatable bonds is 2. The summed E-state index contributed by atoms with van der Waals surface area (Å²) in [6.45, 7) is 3.02. The molecular weight excluding hydrogens is 172 g/mol. The molecule has 1 aliphatic rings. The molecule has 0 aromatic carbocycles. The Labute approximate surface area is 76.8 Å². The van der Waals surface area contributed by atoms with E-state index in [-0.39, 0.29) is 0 Å².